The summed E-state index contributed by atoms with van der Waals surface area (Å²) in [4.78, 5) is 8.32. The van der Waals surface area contributed by atoms with Crippen LogP contribution in [0.5, 0.6) is 0 Å². The van der Waals surface area contributed by atoms with Crippen molar-refractivity contribution in [3.05, 3.63) is 15.6 Å². The van der Waals surface area contributed by atoms with E-state index < -0.39 is 0 Å². The third kappa shape index (κ3) is 4.74. The summed E-state index contributed by atoms with van der Waals surface area (Å²) in [6.07, 6.45) is 0. The highest BCUT2D eigenvalue weighted by molar-refractivity contribution is 7.11. The van der Waals surface area contributed by atoms with E-state index in [0.29, 0.717) is 6.04 Å². The van der Waals surface area contributed by atoms with E-state index in [-0.39, 0.29) is 0 Å². The maximum absolute atomic E-state index is 4.54. The van der Waals surface area contributed by atoms with Crippen LogP contribution in [0.25, 0.3) is 0 Å². The van der Waals surface area contributed by atoms with Crippen molar-refractivity contribution >= 4 is 11.3 Å². The Morgan fingerprint density at radius 3 is 2.41 bits per heavy atom. The molecule has 0 aromatic carbocycles. The molecule has 0 bridgehead atoms. The number of nitrogens with one attached hydrogen (secondary N) is 1. The molecule has 0 amide bonds. The van der Waals surface area contributed by atoms with Crippen molar-refractivity contribution in [2.24, 2.45) is 0 Å². The molecule has 1 aromatic rings. The van der Waals surface area contributed by atoms with Crippen molar-refractivity contribution in [1.29, 1.82) is 0 Å². The molecule has 1 rings (SSSR count). The number of likely N-dealkylation sites (N-methyl/N-ethyl adjacent to an activating group) is 1. The first-order valence-electron chi connectivity index (χ1n) is 6.45. The molecule has 1 heterocycles. The van der Waals surface area contributed by atoms with Crippen LogP contribution in [0.3, 0.4) is 0 Å². The second-order valence-corrected chi connectivity index (χ2v) is 5.80. The van der Waals surface area contributed by atoms with E-state index >= 15 is 0 Å². The van der Waals surface area contributed by atoms with Crippen LogP contribution < -0.4 is 5.32 Å². The molecule has 17 heavy (non-hydrogen) atoms. The normalized spacial score (nSPS) is 13.3. The third-order valence-corrected chi connectivity index (χ3v) is 4.17. The fraction of sp³-hybridized carbons (Fsp3) is 0.769. The van der Waals surface area contributed by atoms with Gasteiger partial charge in [0.1, 0.15) is 5.01 Å². The van der Waals surface area contributed by atoms with Gasteiger partial charge in [0.05, 0.1) is 5.69 Å². The van der Waals surface area contributed by atoms with Gasteiger partial charge in [0.15, 0.2) is 0 Å². The Bertz CT molecular complexity index is 312. The minimum atomic E-state index is 0.513. The molecule has 1 N–H and O–H groups in total. The fourth-order valence-electron chi connectivity index (χ4n) is 1.81. The van der Waals surface area contributed by atoms with Gasteiger partial charge < -0.3 is 10.2 Å². The summed E-state index contributed by atoms with van der Waals surface area (Å²) in [7, 11) is 0. The van der Waals surface area contributed by atoms with Gasteiger partial charge in [-0.1, -0.05) is 13.8 Å². The molecule has 98 valence electrons. The lowest BCUT2D eigenvalue weighted by atomic mass is 10.3. The molecule has 0 aliphatic carbocycles. The molecule has 1 atom stereocenters. The first-order chi connectivity index (χ1) is 8.06. The van der Waals surface area contributed by atoms with Gasteiger partial charge >= 0.3 is 0 Å². The van der Waals surface area contributed by atoms with Crippen molar-refractivity contribution in [2.45, 2.75) is 47.2 Å². The van der Waals surface area contributed by atoms with Crippen LogP contribution in [-0.4, -0.2) is 35.6 Å². The summed E-state index contributed by atoms with van der Waals surface area (Å²) < 4.78 is 0. The summed E-state index contributed by atoms with van der Waals surface area (Å²) in [6, 6.07) is 0.513. The van der Waals surface area contributed by atoms with E-state index in [1.807, 2.05) is 0 Å². The summed E-state index contributed by atoms with van der Waals surface area (Å²) in [6.45, 7) is 15.1. The SMILES string of the molecule is CCN(CC)CC(C)NCc1nc(C)c(C)s1. The quantitative estimate of drug-likeness (QED) is 0.811. The average molecular weight is 255 g/mol. The zero-order chi connectivity index (χ0) is 12.8. The molecule has 1 aromatic heterocycles. The van der Waals surface area contributed by atoms with Crippen LogP contribution in [0.4, 0.5) is 0 Å². The first-order valence-corrected chi connectivity index (χ1v) is 7.27. The zero-order valence-corrected chi connectivity index (χ0v) is 12.5. The maximum Gasteiger partial charge on any atom is 0.107 e. The van der Waals surface area contributed by atoms with Gasteiger partial charge in [0, 0.05) is 24.0 Å². The van der Waals surface area contributed by atoms with Crippen LogP contribution >= 0.6 is 11.3 Å². The molecular formula is C13H25N3S. The molecule has 0 spiro atoms. The Labute approximate surface area is 109 Å². The number of aromatic nitrogens is 1. The van der Waals surface area contributed by atoms with Crippen molar-refractivity contribution < 1.29 is 0 Å². The molecular weight excluding hydrogens is 230 g/mol. The second-order valence-electron chi connectivity index (χ2n) is 4.52. The molecule has 1 unspecified atom stereocenters. The van der Waals surface area contributed by atoms with E-state index in [1.165, 1.54) is 15.6 Å². The monoisotopic (exact) mass is 255 g/mol. The molecule has 0 aliphatic rings. The van der Waals surface area contributed by atoms with E-state index in [4.69, 9.17) is 0 Å². The van der Waals surface area contributed by atoms with Gasteiger partial charge in [-0.15, -0.1) is 11.3 Å². The summed E-state index contributed by atoms with van der Waals surface area (Å²) in [5, 5.41) is 4.75. The average Bonchev–Trinajstić information content (AvgIpc) is 2.63. The number of hydrogen-bond acceptors (Lipinski definition) is 4. The molecule has 0 aliphatic heterocycles. The van der Waals surface area contributed by atoms with Gasteiger partial charge in [-0.25, -0.2) is 4.98 Å². The highest BCUT2D eigenvalue weighted by atomic mass is 32.1. The van der Waals surface area contributed by atoms with Gasteiger partial charge in [-0.05, 0) is 33.9 Å². The highest BCUT2D eigenvalue weighted by Crippen LogP contribution is 2.16. The Balaban J connectivity index is 2.35. The lowest BCUT2D eigenvalue weighted by molar-refractivity contribution is 0.270. The zero-order valence-electron chi connectivity index (χ0n) is 11.7. The fourth-order valence-corrected chi connectivity index (χ4v) is 2.69. The number of hydrogen-bond donors (Lipinski definition) is 1. The van der Waals surface area contributed by atoms with E-state index in [0.717, 1.165) is 26.2 Å². The van der Waals surface area contributed by atoms with Gasteiger partial charge in [0.2, 0.25) is 0 Å². The summed E-state index contributed by atoms with van der Waals surface area (Å²) in [5.41, 5.74) is 1.17. The first kappa shape index (κ1) is 14.6. The second kappa shape index (κ2) is 7.09. The predicted octanol–water partition coefficient (Wildman–Crippen LogP) is 2.58. The van der Waals surface area contributed by atoms with Crippen LogP contribution in [0.2, 0.25) is 0 Å². The Kier molecular flexibility index (Phi) is 6.09. The van der Waals surface area contributed by atoms with Gasteiger partial charge in [-0.3, -0.25) is 0 Å². The van der Waals surface area contributed by atoms with E-state index in [2.05, 4.69) is 49.8 Å². The smallest absolute Gasteiger partial charge is 0.107 e. The van der Waals surface area contributed by atoms with Gasteiger partial charge in [-0.2, -0.15) is 0 Å². The summed E-state index contributed by atoms with van der Waals surface area (Å²) in [5.74, 6) is 0. The Morgan fingerprint density at radius 2 is 1.94 bits per heavy atom. The molecule has 0 radical (unpaired) electrons. The number of rotatable bonds is 7. The summed E-state index contributed by atoms with van der Waals surface area (Å²) >= 11 is 1.80. The van der Waals surface area contributed by atoms with Gasteiger partial charge in [0.25, 0.3) is 0 Å². The largest absolute Gasteiger partial charge is 0.307 e. The topological polar surface area (TPSA) is 28.2 Å². The van der Waals surface area contributed by atoms with E-state index in [1.54, 1.807) is 11.3 Å². The molecule has 3 nitrogen and oxygen atoms in total. The highest BCUT2D eigenvalue weighted by Gasteiger charge is 2.08. The van der Waals surface area contributed by atoms with Crippen LogP contribution in [0.1, 0.15) is 36.3 Å². The molecule has 0 saturated carbocycles. The lowest BCUT2D eigenvalue weighted by Gasteiger charge is -2.23. The van der Waals surface area contributed by atoms with Crippen LogP contribution in [-0.2, 0) is 6.54 Å². The van der Waals surface area contributed by atoms with Crippen molar-refractivity contribution in [2.75, 3.05) is 19.6 Å². The Morgan fingerprint density at radius 1 is 1.29 bits per heavy atom. The standard InChI is InChI=1S/C13H25N3S/c1-6-16(7-2)9-10(3)14-8-13-15-11(4)12(5)17-13/h10,14H,6-9H2,1-5H3. The molecule has 0 fully saturated rings. The van der Waals surface area contributed by atoms with Crippen molar-refractivity contribution in [3.63, 3.8) is 0 Å². The maximum atomic E-state index is 4.54. The lowest BCUT2D eigenvalue weighted by Crippen LogP contribution is -2.38. The number of nitrogens with zero attached hydrogens (tertiary/aromatic N) is 2. The van der Waals surface area contributed by atoms with Crippen LogP contribution in [0, 0.1) is 13.8 Å². The number of thiazole rings is 1. The molecule has 0 saturated heterocycles. The van der Waals surface area contributed by atoms with E-state index in [9.17, 15) is 0 Å². The minimum absolute atomic E-state index is 0.513. The number of aryl methyl sites for hydroxylation is 2. The van der Waals surface area contributed by atoms with Crippen LogP contribution in [0.15, 0.2) is 0 Å². The van der Waals surface area contributed by atoms with Crippen molar-refractivity contribution in [3.8, 4) is 0 Å². The van der Waals surface area contributed by atoms with Crippen molar-refractivity contribution in [1.82, 2.24) is 15.2 Å². The Hall–Kier alpha value is -0.450. The minimum Gasteiger partial charge on any atom is -0.307 e. The third-order valence-electron chi connectivity index (χ3n) is 3.10. The molecule has 4 heteroatoms. The predicted molar refractivity (Wildman–Crippen MR) is 75.7 cm³/mol.